The number of ether oxygens (including phenoxy) is 1. The third kappa shape index (κ3) is 3.83. The SMILES string of the molecule is COCCN(CC1CCCN1)c1cc(=O)[nH]c(C2CC2)n1. The number of anilines is 1. The molecule has 3 rings (SSSR count). The molecule has 2 heterocycles. The van der Waals surface area contributed by atoms with E-state index in [4.69, 9.17) is 4.74 Å². The summed E-state index contributed by atoms with van der Waals surface area (Å²) in [5, 5.41) is 3.50. The Bertz CT molecular complexity index is 521. The molecule has 1 aliphatic heterocycles. The van der Waals surface area contributed by atoms with E-state index in [0.29, 0.717) is 18.6 Å². The van der Waals surface area contributed by atoms with Crippen LogP contribution in [0.3, 0.4) is 0 Å². The highest BCUT2D eigenvalue weighted by Crippen LogP contribution is 2.37. The molecular weight excluding hydrogens is 268 g/mol. The minimum atomic E-state index is -0.0521. The van der Waals surface area contributed by atoms with Crippen molar-refractivity contribution in [2.75, 3.05) is 38.3 Å². The summed E-state index contributed by atoms with van der Waals surface area (Å²) >= 11 is 0. The highest BCUT2D eigenvalue weighted by atomic mass is 16.5. The highest BCUT2D eigenvalue weighted by Gasteiger charge is 2.27. The van der Waals surface area contributed by atoms with Gasteiger partial charge in [-0.15, -0.1) is 0 Å². The Morgan fingerprint density at radius 1 is 1.43 bits per heavy atom. The van der Waals surface area contributed by atoms with Crippen LogP contribution in [0.2, 0.25) is 0 Å². The molecule has 1 aliphatic carbocycles. The lowest BCUT2D eigenvalue weighted by Gasteiger charge is -2.26. The Balaban J connectivity index is 1.78. The van der Waals surface area contributed by atoms with E-state index in [1.807, 2.05) is 0 Å². The van der Waals surface area contributed by atoms with Gasteiger partial charge in [0.1, 0.15) is 11.6 Å². The molecule has 1 saturated carbocycles. The van der Waals surface area contributed by atoms with Crippen LogP contribution >= 0.6 is 0 Å². The molecule has 0 amide bonds. The van der Waals surface area contributed by atoms with Gasteiger partial charge in [0.15, 0.2) is 0 Å². The molecule has 2 aliphatic rings. The Hall–Kier alpha value is -1.40. The average molecular weight is 292 g/mol. The Morgan fingerprint density at radius 2 is 2.29 bits per heavy atom. The molecule has 0 aromatic carbocycles. The van der Waals surface area contributed by atoms with E-state index in [9.17, 15) is 4.79 Å². The number of aromatic nitrogens is 2. The fourth-order valence-corrected chi connectivity index (χ4v) is 2.85. The molecule has 116 valence electrons. The zero-order valence-corrected chi connectivity index (χ0v) is 12.6. The van der Waals surface area contributed by atoms with Crippen LogP contribution in [0.4, 0.5) is 5.82 Å². The van der Waals surface area contributed by atoms with Gasteiger partial charge in [-0.1, -0.05) is 0 Å². The second-order valence-electron chi connectivity index (χ2n) is 6.00. The number of methoxy groups -OCH3 is 1. The van der Waals surface area contributed by atoms with Gasteiger partial charge in [-0.05, 0) is 32.2 Å². The van der Waals surface area contributed by atoms with Crippen molar-refractivity contribution in [1.29, 1.82) is 0 Å². The summed E-state index contributed by atoms with van der Waals surface area (Å²) in [7, 11) is 1.70. The molecule has 1 aromatic rings. The maximum atomic E-state index is 11.9. The summed E-state index contributed by atoms with van der Waals surface area (Å²) in [6.45, 7) is 3.36. The maximum absolute atomic E-state index is 11.9. The number of nitrogens with zero attached hydrogens (tertiary/aromatic N) is 2. The number of aromatic amines is 1. The zero-order chi connectivity index (χ0) is 14.7. The molecule has 0 radical (unpaired) electrons. The minimum absolute atomic E-state index is 0.0521. The molecule has 1 aromatic heterocycles. The van der Waals surface area contributed by atoms with E-state index in [0.717, 1.165) is 44.1 Å². The first kappa shape index (κ1) is 14.5. The predicted octanol–water partition coefficient (Wildman–Crippen LogP) is 0.852. The number of hydrogen-bond donors (Lipinski definition) is 2. The summed E-state index contributed by atoms with van der Waals surface area (Å²) in [5.74, 6) is 2.08. The Labute approximate surface area is 124 Å². The average Bonchev–Trinajstić information content (AvgIpc) is 3.21. The fraction of sp³-hybridized carbons (Fsp3) is 0.733. The van der Waals surface area contributed by atoms with Crippen LogP contribution in [0.15, 0.2) is 10.9 Å². The third-order valence-electron chi connectivity index (χ3n) is 4.20. The Morgan fingerprint density at radius 3 is 2.95 bits per heavy atom. The molecule has 1 atom stereocenters. The first-order chi connectivity index (χ1) is 10.3. The van der Waals surface area contributed by atoms with Gasteiger partial charge in [-0.25, -0.2) is 4.98 Å². The fourth-order valence-electron chi connectivity index (χ4n) is 2.85. The first-order valence-corrected chi connectivity index (χ1v) is 7.85. The molecule has 2 fully saturated rings. The van der Waals surface area contributed by atoms with Crippen LogP contribution < -0.4 is 15.8 Å². The van der Waals surface area contributed by atoms with E-state index in [1.54, 1.807) is 13.2 Å². The predicted molar refractivity (Wildman–Crippen MR) is 81.9 cm³/mol. The van der Waals surface area contributed by atoms with Gasteiger partial charge < -0.3 is 19.9 Å². The van der Waals surface area contributed by atoms with Crippen LogP contribution in [-0.4, -0.2) is 49.4 Å². The standard InChI is InChI=1S/C15H24N4O2/c1-21-8-7-19(10-12-3-2-6-16-12)13-9-14(20)18-15(17-13)11-4-5-11/h9,11-12,16H,2-8,10H2,1H3,(H,17,18,20). The van der Waals surface area contributed by atoms with Crippen molar-refractivity contribution < 1.29 is 4.74 Å². The summed E-state index contributed by atoms with van der Waals surface area (Å²) in [5.41, 5.74) is -0.0521. The molecule has 0 spiro atoms. The number of hydrogen-bond acceptors (Lipinski definition) is 5. The zero-order valence-electron chi connectivity index (χ0n) is 12.6. The molecule has 2 N–H and O–H groups in total. The lowest BCUT2D eigenvalue weighted by atomic mass is 10.2. The molecule has 0 bridgehead atoms. The van der Waals surface area contributed by atoms with E-state index in [2.05, 4.69) is 20.2 Å². The van der Waals surface area contributed by atoms with Crippen molar-refractivity contribution in [3.05, 3.63) is 22.2 Å². The molecule has 1 unspecified atom stereocenters. The van der Waals surface area contributed by atoms with Crippen LogP contribution in [0, 0.1) is 0 Å². The van der Waals surface area contributed by atoms with E-state index < -0.39 is 0 Å². The van der Waals surface area contributed by atoms with E-state index in [1.165, 1.54) is 12.8 Å². The second kappa shape index (κ2) is 6.58. The van der Waals surface area contributed by atoms with Crippen molar-refractivity contribution in [2.24, 2.45) is 0 Å². The van der Waals surface area contributed by atoms with Gasteiger partial charge in [-0.2, -0.15) is 0 Å². The summed E-state index contributed by atoms with van der Waals surface area (Å²) in [4.78, 5) is 21.6. The van der Waals surface area contributed by atoms with E-state index >= 15 is 0 Å². The quantitative estimate of drug-likeness (QED) is 0.780. The van der Waals surface area contributed by atoms with Crippen molar-refractivity contribution in [3.8, 4) is 0 Å². The van der Waals surface area contributed by atoms with Gasteiger partial charge in [0, 0.05) is 38.2 Å². The van der Waals surface area contributed by atoms with E-state index in [-0.39, 0.29) is 5.56 Å². The van der Waals surface area contributed by atoms with Gasteiger partial charge in [0.2, 0.25) is 0 Å². The van der Waals surface area contributed by atoms with Crippen LogP contribution in [0.1, 0.15) is 37.4 Å². The van der Waals surface area contributed by atoms with Gasteiger partial charge in [0.05, 0.1) is 6.61 Å². The molecule has 6 heteroatoms. The topological polar surface area (TPSA) is 70.2 Å². The smallest absolute Gasteiger partial charge is 0.252 e. The highest BCUT2D eigenvalue weighted by molar-refractivity contribution is 5.38. The van der Waals surface area contributed by atoms with Crippen molar-refractivity contribution in [2.45, 2.75) is 37.6 Å². The van der Waals surface area contributed by atoms with Crippen LogP contribution in [0.25, 0.3) is 0 Å². The summed E-state index contributed by atoms with van der Waals surface area (Å²) in [6, 6.07) is 2.09. The number of rotatable bonds is 7. The minimum Gasteiger partial charge on any atom is -0.383 e. The number of nitrogens with one attached hydrogen (secondary N) is 2. The Kier molecular flexibility index (Phi) is 4.55. The molecular formula is C15H24N4O2. The third-order valence-corrected chi connectivity index (χ3v) is 4.20. The molecule has 6 nitrogen and oxygen atoms in total. The molecule has 21 heavy (non-hydrogen) atoms. The summed E-state index contributed by atoms with van der Waals surface area (Å²) < 4.78 is 5.20. The second-order valence-corrected chi connectivity index (χ2v) is 6.00. The maximum Gasteiger partial charge on any atom is 0.252 e. The molecule has 1 saturated heterocycles. The van der Waals surface area contributed by atoms with Gasteiger partial charge in [-0.3, -0.25) is 4.79 Å². The largest absolute Gasteiger partial charge is 0.383 e. The lowest BCUT2D eigenvalue weighted by Crippen LogP contribution is -2.40. The van der Waals surface area contributed by atoms with Crippen LogP contribution in [-0.2, 0) is 4.74 Å². The first-order valence-electron chi connectivity index (χ1n) is 7.85. The van der Waals surface area contributed by atoms with Gasteiger partial charge in [0.25, 0.3) is 5.56 Å². The number of H-pyrrole nitrogens is 1. The van der Waals surface area contributed by atoms with Crippen molar-refractivity contribution in [1.82, 2.24) is 15.3 Å². The lowest BCUT2D eigenvalue weighted by molar-refractivity contribution is 0.204. The monoisotopic (exact) mass is 292 g/mol. The summed E-state index contributed by atoms with van der Waals surface area (Å²) in [6.07, 6.45) is 4.67. The normalized spacial score (nSPS) is 21.7. The van der Waals surface area contributed by atoms with Crippen LogP contribution in [0.5, 0.6) is 0 Å². The van der Waals surface area contributed by atoms with Crippen molar-refractivity contribution >= 4 is 5.82 Å². The van der Waals surface area contributed by atoms with Gasteiger partial charge >= 0.3 is 0 Å². The van der Waals surface area contributed by atoms with Crippen molar-refractivity contribution in [3.63, 3.8) is 0 Å².